The predicted molar refractivity (Wildman–Crippen MR) is 125 cm³/mol. The number of nitrogens with one attached hydrogen (secondary N) is 1. The summed E-state index contributed by atoms with van der Waals surface area (Å²) in [7, 11) is 2.94. The number of aromatic nitrogens is 2. The fourth-order valence-corrected chi connectivity index (χ4v) is 5.29. The van der Waals surface area contributed by atoms with Crippen LogP contribution in [0, 0.1) is 5.82 Å². The van der Waals surface area contributed by atoms with Gasteiger partial charge in [-0.15, -0.1) is 0 Å². The van der Waals surface area contributed by atoms with Gasteiger partial charge in [-0.2, -0.15) is 0 Å². The van der Waals surface area contributed by atoms with E-state index in [1.807, 2.05) is 0 Å². The summed E-state index contributed by atoms with van der Waals surface area (Å²) in [5.74, 6) is 0.302. The number of nitrogens with zero attached hydrogens (tertiary/aromatic N) is 3. The van der Waals surface area contributed by atoms with Crippen molar-refractivity contribution in [1.82, 2.24) is 9.97 Å². The minimum absolute atomic E-state index is 0.126. The van der Waals surface area contributed by atoms with Crippen molar-refractivity contribution in [2.24, 2.45) is 10.7 Å². The number of fused-ring (bicyclic) bond motifs is 4. The molecule has 0 saturated heterocycles. The van der Waals surface area contributed by atoms with E-state index in [0.717, 1.165) is 5.56 Å². The Labute approximate surface area is 198 Å². The quantitative estimate of drug-likeness (QED) is 0.579. The average molecular weight is 482 g/mol. The predicted octanol–water partition coefficient (Wildman–Crippen LogP) is 3.69. The van der Waals surface area contributed by atoms with Crippen LogP contribution in [0.2, 0.25) is 0 Å². The Morgan fingerprint density at radius 3 is 2.74 bits per heavy atom. The van der Waals surface area contributed by atoms with Gasteiger partial charge in [0.2, 0.25) is 5.88 Å². The highest BCUT2D eigenvalue weighted by molar-refractivity contribution is 8.14. The number of methoxy groups -OCH3 is 2. The molecule has 2 aliphatic rings. The van der Waals surface area contributed by atoms with Crippen LogP contribution in [0.25, 0.3) is 0 Å². The van der Waals surface area contributed by atoms with Crippen molar-refractivity contribution in [2.75, 3.05) is 26.1 Å². The summed E-state index contributed by atoms with van der Waals surface area (Å²) in [6.07, 6.45) is 3.25. The number of anilines is 1. The summed E-state index contributed by atoms with van der Waals surface area (Å²) in [6, 6.07) is 8.22. The van der Waals surface area contributed by atoms with Crippen molar-refractivity contribution >= 4 is 28.5 Å². The highest BCUT2D eigenvalue weighted by Crippen LogP contribution is 2.58. The molecule has 34 heavy (non-hydrogen) atoms. The summed E-state index contributed by atoms with van der Waals surface area (Å²) < 4.78 is 30.5. The van der Waals surface area contributed by atoms with Gasteiger partial charge in [-0.3, -0.25) is 9.79 Å². The minimum atomic E-state index is -0.773. The number of nitrogens with two attached hydrogens (primary N) is 1. The van der Waals surface area contributed by atoms with Gasteiger partial charge < -0.3 is 25.3 Å². The molecule has 3 heterocycles. The zero-order valence-electron chi connectivity index (χ0n) is 18.3. The van der Waals surface area contributed by atoms with E-state index < -0.39 is 16.5 Å². The topological polar surface area (TPSA) is 121 Å². The number of amides is 1. The first kappa shape index (κ1) is 22.0. The molecule has 0 radical (unpaired) electrons. The van der Waals surface area contributed by atoms with Crippen LogP contribution in [-0.4, -0.2) is 41.8 Å². The van der Waals surface area contributed by atoms with E-state index in [2.05, 4.69) is 20.3 Å². The Balaban J connectivity index is 1.57. The molecule has 5 rings (SSSR count). The van der Waals surface area contributed by atoms with Crippen molar-refractivity contribution in [3.63, 3.8) is 0 Å². The largest absolute Gasteiger partial charge is 0.497 e. The zero-order chi connectivity index (χ0) is 23.9. The van der Waals surface area contributed by atoms with Gasteiger partial charge in [0.15, 0.2) is 16.7 Å². The molecular formula is C23H20FN5O4S. The molecule has 0 fully saturated rings. The second-order valence-corrected chi connectivity index (χ2v) is 8.92. The second kappa shape index (κ2) is 8.49. The third-order valence-electron chi connectivity index (χ3n) is 5.65. The van der Waals surface area contributed by atoms with E-state index in [1.165, 1.54) is 44.4 Å². The maximum Gasteiger partial charge on any atom is 0.275 e. The normalized spacial score (nSPS) is 18.3. The number of benzene rings is 2. The summed E-state index contributed by atoms with van der Waals surface area (Å²) in [5.41, 5.74) is 8.12. The van der Waals surface area contributed by atoms with Crippen molar-refractivity contribution < 1.29 is 23.4 Å². The fraction of sp³-hybridized carbons (Fsp3) is 0.217. The lowest BCUT2D eigenvalue weighted by molar-refractivity contribution is 0.102. The van der Waals surface area contributed by atoms with Crippen LogP contribution >= 0.6 is 11.8 Å². The Morgan fingerprint density at radius 1 is 1.18 bits per heavy atom. The van der Waals surface area contributed by atoms with E-state index >= 15 is 0 Å². The zero-order valence-corrected chi connectivity index (χ0v) is 19.1. The van der Waals surface area contributed by atoms with E-state index in [4.69, 9.17) is 19.9 Å². The Hall–Kier alpha value is -3.86. The monoisotopic (exact) mass is 481 g/mol. The van der Waals surface area contributed by atoms with Crippen molar-refractivity contribution in [2.45, 2.75) is 11.2 Å². The van der Waals surface area contributed by atoms with E-state index in [-0.39, 0.29) is 11.4 Å². The number of carbonyl (C=O) groups is 1. The van der Waals surface area contributed by atoms with Gasteiger partial charge in [-0.25, -0.2) is 14.4 Å². The molecule has 3 N–H and O–H groups in total. The maximum absolute atomic E-state index is 15.0. The SMILES string of the molecule is COc1cc(F)c2c(c1)[C@]1(CCN=C(N)S1)c1cc(NC(=O)c3cnc(OC)cn3)ccc1O2. The minimum Gasteiger partial charge on any atom is -0.497 e. The molecule has 174 valence electrons. The molecule has 11 heteroatoms. The fourth-order valence-electron chi connectivity index (χ4n) is 4.06. The Morgan fingerprint density at radius 2 is 2.03 bits per heavy atom. The van der Waals surface area contributed by atoms with Crippen LogP contribution in [0.15, 0.2) is 47.7 Å². The number of carbonyl (C=O) groups excluding carboxylic acids is 1. The van der Waals surface area contributed by atoms with Crippen LogP contribution in [-0.2, 0) is 4.75 Å². The van der Waals surface area contributed by atoms with Crippen molar-refractivity contribution in [3.8, 4) is 23.1 Å². The molecule has 1 atom stereocenters. The van der Waals surface area contributed by atoms with Crippen LogP contribution in [0.5, 0.6) is 23.1 Å². The number of ether oxygens (including phenoxy) is 3. The average Bonchev–Trinajstić information content (AvgIpc) is 2.85. The molecule has 0 bridgehead atoms. The molecule has 2 aliphatic heterocycles. The van der Waals surface area contributed by atoms with E-state index in [1.54, 1.807) is 24.3 Å². The standard InChI is InChI=1S/C23H20FN5O4S/c1-31-13-8-15-20(16(24)9-13)33-18-4-3-12(7-14(18)23(15)5-6-26-22(25)34-23)29-21(30)17-10-28-19(32-2)11-27-17/h3-4,7-11H,5-6H2,1-2H3,(H2,25,26)(H,29,30)/t23-/m0/s1. The highest BCUT2D eigenvalue weighted by atomic mass is 32.2. The Bertz CT molecular complexity index is 1320. The van der Waals surface area contributed by atoms with Crippen LogP contribution in [0.1, 0.15) is 28.0 Å². The first-order valence-electron chi connectivity index (χ1n) is 10.3. The van der Waals surface area contributed by atoms with Gasteiger partial charge in [0, 0.05) is 29.4 Å². The molecule has 2 aromatic carbocycles. The van der Waals surface area contributed by atoms with Gasteiger partial charge in [-0.05, 0) is 30.7 Å². The van der Waals surface area contributed by atoms with Gasteiger partial charge in [0.25, 0.3) is 5.91 Å². The van der Waals surface area contributed by atoms with E-state index in [0.29, 0.717) is 46.8 Å². The molecule has 3 aromatic rings. The molecule has 1 amide bonds. The van der Waals surface area contributed by atoms with Gasteiger partial charge in [0.1, 0.15) is 17.2 Å². The molecular weight excluding hydrogens is 461 g/mol. The lowest BCUT2D eigenvalue weighted by Crippen LogP contribution is -2.35. The van der Waals surface area contributed by atoms with Gasteiger partial charge in [0.05, 0.1) is 31.4 Å². The van der Waals surface area contributed by atoms with Gasteiger partial charge in [-0.1, -0.05) is 11.8 Å². The number of rotatable bonds is 4. The third-order valence-corrected chi connectivity index (χ3v) is 6.98. The lowest BCUT2D eigenvalue weighted by Gasteiger charge is -2.41. The molecule has 0 unspecified atom stereocenters. The lowest BCUT2D eigenvalue weighted by atomic mass is 9.83. The van der Waals surface area contributed by atoms with Crippen molar-refractivity contribution in [1.29, 1.82) is 0 Å². The second-order valence-electron chi connectivity index (χ2n) is 7.60. The Kier molecular flexibility index (Phi) is 5.48. The van der Waals surface area contributed by atoms with E-state index in [9.17, 15) is 9.18 Å². The summed E-state index contributed by atoms with van der Waals surface area (Å²) in [5, 5.41) is 3.21. The third kappa shape index (κ3) is 3.67. The number of aliphatic imine (C=N–C) groups is 1. The number of hydrogen-bond acceptors (Lipinski definition) is 9. The number of thioether (sulfide) groups is 1. The summed E-state index contributed by atoms with van der Waals surface area (Å²) in [4.78, 5) is 25.1. The first-order valence-corrected chi connectivity index (χ1v) is 11.1. The molecule has 9 nitrogen and oxygen atoms in total. The molecule has 0 aliphatic carbocycles. The number of halogens is 1. The molecule has 1 aromatic heterocycles. The van der Waals surface area contributed by atoms with Crippen LogP contribution < -0.4 is 25.3 Å². The number of hydrogen-bond donors (Lipinski definition) is 2. The molecule has 0 saturated carbocycles. The summed E-state index contributed by atoms with van der Waals surface area (Å²) >= 11 is 1.33. The highest BCUT2D eigenvalue weighted by Gasteiger charge is 2.46. The van der Waals surface area contributed by atoms with Crippen LogP contribution in [0.4, 0.5) is 10.1 Å². The van der Waals surface area contributed by atoms with Gasteiger partial charge >= 0.3 is 0 Å². The van der Waals surface area contributed by atoms with Crippen LogP contribution in [0.3, 0.4) is 0 Å². The number of amidine groups is 1. The molecule has 1 spiro atoms. The first-order chi connectivity index (χ1) is 16.4. The smallest absolute Gasteiger partial charge is 0.275 e. The summed E-state index contributed by atoms with van der Waals surface area (Å²) in [6.45, 7) is 0.453. The van der Waals surface area contributed by atoms with Crippen molar-refractivity contribution in [3.05, 3.63) is 65.4 Å². The maximum atomic E-state index is 15.0.